The van der Waals surface area contributed by atoms with Gasteiger partial charge in [-0.15, -0.1) is 0 Å². The van der Waals surface area contributed by atoms with Crippen molar-refractivity contribution in [2.45, 2.75) is 44.6 Å². The molecular weight excluding hydrogens is 352 g/mol. The highest BCUT2D eigenvalue weighted by Crippen LogP contribution is 2.27. The monoisotopic (exact) mass is 380 g/mol. The van der Waals surface area contributed by atoms with Crippen LogP contribution < -0.4 is 11.0 Å². The fourth-order valence-electron chi connectivity index (χ4n) is 4.46. The lowest BCUT2D eigenvalue weighted by atomic mass is 9.94. The van der Waals surface area contributed by atoms with Gasteiger partial charge >= 0.3 is 5.69 Å². The Morgan fingerprint density at radius 3 is 2.61 bits per heavy atom. The molecule has 1 atom stereocenters. The molecule has 1 saturated heterocycles. The predicted molar refractivity (Wildman–Crippen MR) is 109 cm³/mol. The van der Waals surface area contributed by atoms with E-state index < -0.39 is 0 Å². The molecule has 2 fully saturated rings. The number of nitrogens with zero attached hydrogens (tertiary/aromatic N) is 2. The highest BCUT2D eigenvalue weighted by molar-refractivity contribution is 5.94. The fraction of sp³-hybridized carbons (Fsp3) is 0.500. The molecule has 1 saturated carbocycles. The van der Waals surface area contributed by atoms with E-state index >= 15 is 0 Å². The summed E-state index contributed by atoms with van der Waals surface area (Å²) >= 11 is 0. The van der Waals surface area contributed by atoms with Crippen LogP contribution in [0.4, 0.5) is 0 Å². The minimum atomic E-state index is -0.367. The van der Waals surface area contributed by atoms with Crippen molar-refractivity contribution in [3.05, 3.63) is 52.7 Å². The standard InChI is InChI=1S/C22H28N4O2/c27-21(18-8-6-17(7-9-18)19-13-24-22(28)25-14-19)23-12-16-10-11-26(15-16)20-4-2-1-3-5-20/h6-9,13-14,16,20H,1-5,10-12,15H2,(H,23,27)(H,24,25,28)/t16-/m1/s1. The first-order chi connectivity index (χ1) is 13.7. The van der Waals surface area contributed by atoms with E-state index in [1.807, 2.05) is 24.3 Å². The number of likely N-dealkylation sites (tertiary alicyclic amines) is 1. The molecule has 2 aromatic rings. The van der Waals surface area contributed by atoms with Crippen LogP contribution in [0.5, 0.6) is 0 Å². The first-order valence-corrected chi connectivity index (χ1v) is 10.4. The molecule has 0 bridgehead atoms. The van der Waals surface area contributed by atoms with Crippen molar-refractivity contribution < 1.29 is 4.79 Å². The summed E-state index contributed by atoms with van der Waals surface area (Å²) in [6.07, 6.45) is 11.2. The molecule has 1 aromatic carbocycles. The second-order valence-electron chi connectivity index (χ2n) is 8.04. The molecule has 1 aromatic heterocycles. The summed E-state index contributed by atoms with van der Waals surface area (Å²) < 4.78 is 0. The van der Waals surface area contributed by atoms with E-state index in [1.165, 1.54) is 51.3 Å². The van der Waals surface area contributed by atoms with Crippen molar-refractivity contribution in [3.63, 3.8) is 0 Å². The zero-order valence-corrected chi connectivity index (χ0v) is 16.2. The van der Waals surface area contributed by atoms with Gasteiger partial charge in [-0.2, -0.15) is 0 Å². The fourth-order valence-corrected chi connectivity index (χ4v) is 4.46. The van der Waals surface area contributed by atoms with E-state index in [0.717, 1.165) is 30.3 Å². The molecule has 1 amide bonds. The van der Waals surface area contributed by atoms with Gasteiger partial charge < -0.3 is 15.2 Å². The van der Waals surface area contributed by atoms with Gasteiger partial charge in [0.15, 0.2) is 0 Å². The summed E-state index contributed by atoms with van der Waals surface area (Å²) in [5, 5.41) is 3.11. The Kier molecular flexibility index (Phi) is 5.86. The van der Waals surface area contributed by atoms with Crippen LogP contribution in [0.2, 0.25) is 0 Å². The van der Waals surface area contributed by atoms with E-state index in [-0.39, 0.29) is 11.6 Å². The van der Waals surface area contributed by atoms with Crippen molar-refractivity contribution >= 4 is 5.91 Å². The number of rotatable bonds is 5. The number of H-pyrrole nitrogens is 1. The van der Waals surface area contributed by atoms with Crippen LogP contribution in [0.1, 0.15) is 48.9 Å². The SMILES string of the molecule is O=C(NC[C@H]1CCN(C2CCCCC2)C1)c1ccc(-c2cnc(=O)[nH]c2)cc1. The Labute approximate surface area is 165 Å². The normalized spacial score (nSPS) is 20.9. The highest BCUT2D eigenvalue weighted by atomic mass is 16.1. The molecule has 4 rings (SSSR count). The lowest BCUT2D eigenvalue weighted by molar-refractivity contribution is 0.0946. The first kappa shape index (κ1) is 18.9. The predicted octanol–water partition coefficient (Wildman–Crippen LogP) is 2.82. The number of benzene rings is 1. The molecule has 2 heterocycles. The largest absolute Gasteiger partial charge is 0.352 e. The molecule has 2 aliphatic rings. The minimum Gasteiger partial charge on any atom is -0.352 e. The van der Waals surface area contributed by atoms with Gasteiger partial charge in [0.25, 0.3) is 5.91 Å². The Morgan fingerprint density at radius 2 is 1.89 bits per heavy atom. The average Bonchev–Trinajstić information content (AvgIpc) is 3.22. The van der Waals surface area contributed by atoms with Crippen molar-refractivity contribution in [3.8, 4) is 11.1 Å². The molecule has 28 heavy (non-hydrogen) atoms. The summed E-state index contributed by atoms with van der Waals surface area (Å²) in [7, 11) is 0. The quantitative estimate of drug-likeness (QED) is 0.836. The molecule has 0 radical (unpaired) electrons. The van der Waals surface area contributed by atoms with Crippen LogP contribution >= 0.6 is 0 Å². The van der Waals surface area contributed by atoms with E-state index in [1.54, 1.807) is 6.20 Å². The third-order valence-electron chi connectivity index (χ3n) is 6.11. The van der Waals surface area contributed by atoms with Crippen molar-refractivity contribution in [2.75, 3.05) is 19.6 Å². The summed E-state index contributed by atoms with van der Waals surface area (Å²) in [5.41, 5.74) is 2.02. The van der Waals surface area contributed by atoms with Crippen LogP contribution in [-0.4, -0.2) is 46.5 Å². The van der Waals surface area contributed by atoms with E-state index in [0.29, 0.717) is 11.5 Å². The van der Waals surface area contributed by atoms with Crippen molar-refractivity contribution in [1.82, 2.24) is 20.2 Å². The zero-order valence-electron chi connectivity index (χ0n) is 16.2. The molecule has 148 valence electrons. The van der Waals surface area contributed by atoms with Crippen LogP contribution in [0, 0.1) is 5.92 Å². The Morgan fingerprint density at radius 1 is 1.11 bits per heavy atom. The zero-order chi connectivity index (χ0) is 19.3. The second kappa shape index (κ2) is 8.69. The summed E-state index contributed by atoms with van der Waals surface area (Å²) in [5.74, 6) is 0.527. The van der Waals surface area contributed by atoms with Crippen LogP contribution in [0.3, 0.4) is 0 Å². The number of hydrogen-bond donors (Lipinski definition) is 2. The molecule has 6 nitrogen and oxygen atoms in total. The molecule has 0 spiro atoms. The molecular formula is C22H28N4O2. The molecule has 0 unspecified atom stereocenters. The van der Waals surface area contributed by atoms with Crippen LogP contribution in [0.25, 0.3) is 11.1 Å². The van der Waals surface area contributed by atoms with Crippen LogP contribution in [-0.2, 0) is 0 Å². The lowest BCUT2D eigenvalue weighted by Gasteiger charge is -2.31. The molecule has 2 N–H and O–H groups in total. The van der Waals surface area contributed by atoms with Gasteiger partial charge in [-0.3, -0.25) is 4.79 Å². The molecule has 6 heteroatoms. The third-order valence-corrected chi connectivity index (χ3v) is 6.11. The number of aromatic nitrogens is 2. The Balaban J connectivity index is 1.28. The van der Waals surface area contributed by atoms with Crippen molar-refractivity contribution in [2.24, 2.45) is 5.92 Å². The minimum absolute atomic E-state index is 0.0257. The van der Waals surface area contributed by atoms with E-state index in [9.17, 15) is 9.59 Å². The van der Waals surface area contributed by atoms with Crippen LogP contribution in [0.15, 0.2) is 41.5 Å². The lowest BCUT2D eigenvalue weighted by Crippen LogP contribution is -2.36. The summed E-state index contributed by atoms with van der Waals surface area (Å²) in [6, 6.07) is 8.16. The smallest absolute Gasteiger partial charge is 0.344 e. The van der Waals surface area contributed by atoms with Gasteiger partial charge in [0.05, 0.1) is 0 Å². The topological polar surface area (TPSA) is 78.1 Å². The van der Waals surface area contributed by atoms with Gasteiger partial charge in [-0.05, 0) is 49.4 Å². The van der Waals surface area contributed by atoms with Gasteiger partial charge in [0.1, 0.15) is 0 Å². The maximum absolute atomic E-state index is 12.5. The number of hydrogen-bond acceptors (Lipinski definition) is 4. The van der Waals surface area contributed by atoms with Gasteiger partial charge in [-0.25, -0.2) is 9.78 Å². The first-order valence-electron chi connectivity index (χ1n) is 10.4. The number of carbonyl (C=O) groups is 1. The maximum atomic E-state index is 12.5. The van der Waals surface area contributed by atoms with Gasteiger partial charge in [0.2, 0.25) is 0 Å². The number of carbonyl (C=O) groups excluding carboxylic acids is 1. The van der Waals surface area contributed by atoms with E-state index in [4.69, 9.17) is 0 Å². The Bertz CT molecular complexity index is 835. The second-order valence-corrected chi connectivity index (χ2v) is 8.04. The summed E-state index contributed by atoms with van der Waals surface area (Å²) in [6.45, 7) is 3.03. The van der Waals surface area contributed by atoms with Crippen molar-refractivity contribution in [1.29, 1.82) is 0 Å². The highest BCUT2D eigenvalue weighted by Gasteiger charge is 2.29. The molecule has 1 aliphatic carbocycles. The van der Waals surface area contributed by atoms with Gasteiger partial charge in [0, 0.05) is 42.7 Å². The molecule has 1 aliphatic heterocycles. The Hall–Kier alpha value is -2.47. The number of nitrogens with one attached hydrogen (secondary N) is 2. The summed E-state index contributed by atoms with van der Waals surface area (Å²) in [4.78, 5) is 32.5. The third kappa shape index (κ3) is 4.50. The number of aromatic amines is 1. The number of amides is 1. The average molecular weight is 380 g/mol. The maximum Gasteiger partial charge on any atom is 0.344 e. The van der Waals surface area contributed by atoms with Gasteiger partial charge in [-0.1, -0.05) is 31.4 Å². The van der Waals surface area contributed by atoms with E-state index in [2.05, 4.69) is 20.2 Å².